The number of carbonyl (C=O) groups is 2. The van der Waals surface area contributed by atoms with E-state index < -0.39 is 17.4 Å². The van der Waals surface area contributed by atoms with Crippen molar-refractivity contribution >= 4 is 11.9 Å². The third-order valence-electron chi connectivity index (χ3n) is 4.17. The van der Waals surface area contributed by atoms with Crippen molar-refractivity contribution in [1.29, 1.82) is 5.26 Å². The number of carbonyl (C=O) groups excluding carboxylic acids is 2. The minimum absolute atomic E-state index is 0.192. The van der Waals surface area contributed by atoms with Gasteiger partial charge in [-0.25, -0.2) is 0 Å². The molecule has 0 bridgehead atoms. The third-order valence-corrected chi connectivity index (χ3v) is 4.17. The van der Waals surface area contributed by atoms with Crippen LogP contribution in [0.15, 0.2) is 24.3 Å². The van der Waals surface area contributed by atoms with Gasteiger partial charge in [0, 0.05) is 6.42 Å². The Kier molecular flexibility index (Phi) is 5.80. The number of amides is 1. The van der Waals surface area contributed by atoms with Crippen LogP contribution in [-0.4, -0.2) is 31.1 Å². The summed E-state index contributed by atoms with van der Waals surface area (Å²) in [4.78, 5) is 23.6. The van der Waals surface area contributed by atoms with Gasteiger partial charge in [0.1, 0.15) is 11.3 Å². The number of methoxy groups -OCH3 is 1. The van der Waals surface area contributed by atoms with E-state index in [1.807, 2.05) is 24.3 Å². The molecule has 6 heteroatoms. The molecule has 1 aliphatic carbocycles. The van der Waals surface area contributed by atoms with Gasteiger partial charge in [-0.3, -0.25) is 9.59 Å². The van der Waals surface area contributed by atoms with Gasteiger partial charge in [-0.05, 0) is 49.8 Å². The van der Waals surface area contributed by atoms with Crippen molar-refractivity contribution in [2.75, 3.05) is 13.7 Å². The van der Waals surface area contributed by atoms with Crippen LogP contribution >= 0.6 is 0 Å². The Hall–Kier alpha value is -2.55. The number of nitrogens with one attached hydrogen (secondary N) is 1. The molecule has 1 atom stereocenters. The maximum atomic E-state index is 11.8. The van der Waals surface area contributed by atoms with Gasteiger partial charge in [-0.1, -0.05) is 12.1 Å². The summed E-state index contributed by atoms with van der Waals surface area (Å²) in [5.74, 6) is 0.0706. The lowest BCUT2D eigenvalue weighted by Gasteiger charge is -2.22. The molecule has 0 aliphatic heterocycles. The molecule has 0 saturated heterocycles. The lowest BCUT2D eigenvalue weighted by Crippen LogP contribution is -2.48. The largest absolute Gasteiger partial charge is 0.497 e. The summed E-state index contributed by atoms with van der Waals surface area (Å²) in [7, 11) is 1.60. The molecule has 1 saturated carbocycles. The van der Waals surface area contributed by atoms with Crippen LogP contribution in [0.3, 0.4) is 0 Å². The minimum Gasteiger partial charge on any atom is -0.497 e. The van der Waals surface area contributed by atoms with Crippen molar-refractivity contribution in [1.82, 2.24) is 5.32 Å². The van der Waals surface area contributed by atoms with Crippen molar-refractivity contribution < 1.29 is 19.1 Å². The average molecular weight is 330 g/mol. The third kappa shape index (κ3) is 4.98. The zero-order chi connectivity index (χ0) is 17.6. The zero-order valence-corrected chi connectivity index (χ0v) is 14.0. The number of esters is 1. The van der Waals surface area contributed by atoms with E-state index in [4.69, 9.17) is 9.47 Å². The molecule has 1 aromatic rings. The summed E-state index contributed by atoms with van der Waals surface area (Å²) in [5, 5.41) is 11.8. The predicted octanol–water partition coefficient (Wildman–Crippen LogP) is 1.98. The highest BCUT2D eigenvalue weighted by molar-refractivity contribution is 5.81. The van der Waals surface area contributed by atoms with Gasteiger partial charge in [0.05, 0.1) is 13.2 Å². The number of hydrogen-bond donors (Lipinski definition) is 1. The van der Waals surface area contributed by atoms with Gasteiger partial charge in [0.15, 0.2) is 6.61 Å². The molecule has 1 amide bonds. The summed E-state index contributed by atoms with van der Waals surface area (Å²) < 4.78 is 10.0. The van der Waals surface area contributed by atoms with E-state index in [-0.39, 0.29) is 18.9 Å². The molecule has 0 spiro atoms. The first kappa shape index (κ1) is 17.8. The summed E-state index contributed by atoms with van der Waals surface area (Å²) >= 11 is 0. The Bertz CT molecular complexity index is 631. The van der Waals surface area contributed by atoms with E-state index in [0.29, 0.717) is 6.42 Å². The Labute approximate surface area is 141 Å². The maximum absolute atomic E-state index is 11.8. The fourth-order valence-electron chi connectivity index (χ4n) is 2.46. The first-order chi connectivity index (χ1) is 11.5. The standard InChI is InChI=1S/C18H22N2O4/c1-18(12-19,14-6-7-14)20-16(21)11-24-17(22)10-5-13-3-8-15(23-2)9-4-13/h3-4,8-9,14H,5-7,10-11H2,1-2H3,(H,20,21)/t18-/m1/s1. The molecule has 128 valence electrons. The maximum Gasteiger partial charge on any atom is 0.306 e. The topological polar surface area (TPSA) is 88.4 Å². The molecule has 1 fully saturated rings. The fraction of sp³-hybridized carbons (Fsp3) is 0.500. The van der Waals surface area contributed by atoms with Crippen molar-refractivity contribution in [3.63, 3.8) is 0 Å². The van der Waals surface area contributed by atoms with E-state index >= 15 is 0 Å². The van der Waals surface area contributed by atoms with Crippen molar-refractivity contribution in [3.8, 4) is 11.8 Å². The monoisotopic (exact) mass is 330 g/mol. The van der Waals surface area contributed by atoms with Crippen molar-refractivity contribution in [2.45, 2.75) is 38.1 Å². The fourth-order valence-corrected chi connectivity index (χ4v) is 2.46. The van der Waals surface area contributed by atoms with Crippen molar-refractivity contribution in [3.05, 3.63) is 29.8 Å². The molecule has 1 aromatic carbocycles. The van der Waals surface area contributed by atoms with Gasteiger partial charge in [-0.15, -0.1) is 0 Å². The summed E-state index contributed by atoms with van der Waals surface area (Å²) in [6, 6.07) is 9.55. The lowest BCUT2D eigenvalue weighted by atomic mass is 9.98. The number of nitriles is 1. The van der Waals surface area contributed by atoms with Crippen LogP contribution in [0.4, 0.5) is 0 Å². The first-order valence-electron chi connectivity index (χ1n) is 7.97. The van der Waals surface area contributed by atoms with E-state index in [1.54, 1.807) is 14.0 Å². The van der Waals surface area contributed by atoms with E-state index in [1.165, 1.54) is 0 Å². The Morgan fingerprint density at radius 1 is 1.33 bits per heavy atom. The zero-order valence-electron chi connectivity index (χ0n) is 14.0. The number of benzene rings is 1. The minimum atomic E-state index is -0.868. The second-order valence-corrected chi connectivity index (χ2v) is 6.15. The van der Waals surface area contributed by atoms with Crippen LogP contribution in [0.2, 0.25) is 0 Å². The predicted molar refractivity (Wildman–Crippen MR) is 87.2 cm³/mol. The highest BCUT2D eigenvalue weighted by Gasteiger charge is 2.43. The summed E-state index contributed by atoms with van der Waals surface area (Å²) in [6.07, 6.45) is 2.60. The van der Waals surface area contributed by atoms with Gasteiger partial charge >= 0.3 is 5.97 Å². The van der Waals surface area contributed by atoms with Gasteiger partial charge in [-0.2, -0.15) is 5.26 Å². The van der Waals surface area contributed by atoms with Crippen LogP contribution < -0.4 is 10.1 Å². The van der Waals surface area contributed by atoms with Crippen LogP contribution in [0.1, 0.15) is 31.7 Å². The lowest BCUT2D eigenvalue weighted by molar-refractivity contribution is -0.148. The quantitative estimate of drug-likeness (QED) is 0.736. The number of hydrogen-bond acceptors (Lipinski definition) is 5. The van der Waals surface area contributed by atoms with Crippen LogP contribution in [0.25, 0.3) is 0 Å². The number of ether oxygens (including phenoxy) is 2. The van der Waals surface area contributed by atoms with Crippen LogP contribution in [0, 0.1) is 17.2 Å². The normalized spacial score (nSPS) is 15.7. The highest BCUT2D eigenvalue weighted by atomic mass is 16.5. The summed E-state index contributed by atoms with van der Waals surface area (Å²) in [5.41, 5.74) is 0.120. The smallest absolute Gasteiger partial charge is 0.306 e. The Morgan fingerprint density at radius 2 is 2.00 bits per heavy atom. The van der Waals surface area contributed by atoms with E-state index in [0.717, 1.165) is 24.2 Å². The molecule has 2 rings (SSSR count). The van der Waals surface area contributed by atoms with Crippen molar-refractivity contribution in [2.24, 2.45) is 5.92 Å². The Balaban J connectivity index is 1.70. The van der Waals surface area contributed by atoms with Crippen LogP contribution in [0.5, 0.6) is 5.75 Å². The molecule has 0 aromatic heterocycles. The second kappa shape index (κ2) is 7.82. The van der Waals surface area contributed by atoms with Gasteiger partial charge in [0.2, 0.25) is 0 Å². The molecular formula is C18H22N2O4. The van der Waals surface area contributed by atoms with E-state index in [9.17, 15) is 14.9 Å². The van der Waals surface area contributed by atoms with Crippen LogP contribution in [-0.2, 0) is 20.7 Å². The number of nitrogens with zero attached hydrogens (tertiary/aromatic N) is 1. The average Bonchev–Trinajstić information content (AvgIpc) is 3.44. The molecule has 6 nitrogen and oxygen atoms in total. The molecule has 1 N–H and O–H groups in total. The SMILES string of the molecule is COc1ccc(CCC(=O)OCC(=O)N[C@](C)(C#N)C2CC2)cc1. The number of rotatable bonds is 8. The molecule has 0 radical (unpaired) electrons. The Morgan fingerprint density at radius 3 is 2.54 bits per heavy atom. The highest BCUT2D eigenvalue weighted by Crippen LogP contribution is 2.39. The molecule has 0 heterocycles. The molecule has 24 heavy (non-hydrogen) atoms. The molecular weight excluding hydrogens is 308 g/mol. The van der Waals surface area contributed by atoms with E-state index in [2.05, 4.69) is 11.4 Å². The second-order valence-electron chi connectivity index (χ2n) is 6.15. The number of aryl methyl sites for hydroxylation is 1. The summed E-state index contributed by atoms with van der Waals surface area (Å²) in [6.45, 7) is 1.35. The molecule has 0 unspecified atom stereocenters. The molecule has 1 aliphatic rings. The van der Waals surface area contributed by atoms with Gasteiger partial charge in [0.25, 0.3) is 5.91 Å². The van der Waals surface area contributed by atoms with Gasteiger partial charge < -0.3 is 14.8 Å². The first-order valence-corrected chi connectivity index (χ1v) is 7.97.